The van der Waals surface area contributed by atoms with Gasteiger partial charge in [-0.1, -0.05) is 0 Å². The van der Waals surface area contributed by atoms with Gasteiger partial charge in [0.25, 0.3) is 0 Å². The zero-order valence-corrected chi connectivity index (χ0v) is 12.6. The lowest BCUT2D eigenvalue weighted by Crippen LogP contribution is -2.50. The SMILES string of the molecule is CC(C(=O)N(C)C)S(=O)(=O)N[C@@H]1CCCNC1.Cl. The predicted octanol–water partition coefficient (Wildman–Crippen LogP) is -0.444. The van der Waals surface area contributed by atoms with E-state index in [4.69, 9.17) is 0 Å². The summed E-state index contributed by atoms with van der Waals surface area (Å²) in [6.45, 7) is 2.97. The zero-order valence-electron chi connectivity index (χ0n) is 11.0. The van der Waals surface area contributed by atoms with Gasteiger partial charge in [-0.05, 0) is 26.3 Å². The van der Waals surface area contributed by atoms with Crippen LogP contribution in [0.2, 0.25) is 0 Å². The van der Waals surface area contributed by atoms with Crippen LogP contribution in [0.5, 0.6) is 0 Å². The predicted molar refractivity (Wildman–Crippen MR) is 73.4 cm³/mol. The van der Waals surface area contributed by atoms with E-state index < -0.39 is 21.2 Å². The number of rotatable bonds is 4. The first-order chi connectivity index (χ1) is 7.84. The maximum Gasteiger partial charge on any atom is 0.241 e. The first-order valence-corrected chi connectivity index (χ1v) is 7.32. The molecule has 0 aliphatic carbocycles. The van der Waals surface area contributed by atoms with Crippen molar-refractivity contribution < 1.29 is 13.2 Å². The number of nitrogens with one attached hydrogen (secondary N) is 2. The van der Waals surface area contributed by atoms with Crippen LogP contribution in [0.25, 0.3) is 0 Å². The molecule has 0 aromatic rings. The Morgan fingerprint density at radius 1 is 1.44 bits per heavy atom. The Hall–Kier alpha value is -0.370. The van der Waals surface area contributed by atoms with Gasteiger partial charge in [0, 0.05) is 26.7 Å². The van der Waals surface area contributed by atoms with Gasteiger partial charge in [0.2, 0.25) is 15.9 Å². The van der Waals surface area contributed by atoms with E-state index in [-0.39, 0.29) is 18.4 Å². The maximum absolute atomic E-state index is 12.0. The lowest BCUT2D eigenvalue weighted by atomic mass is 10.1. The molecule has 2 N–H and O–H groups in total. The van der Waals surface area contributed by atoms with Crippen LogP contribution in [-0.2, 0) is 14.8 Å². The molecule has 1 rings (SSSR count). The van der Waals surface area contributed by atoms with E-state index in [9.17, 15) is 13.2 Å². The molecule has 1 unspecified atom stereocenters. The van der Waals surface area contributed by atoms with Gasteiger partial charge in [-0.2, -0.15) is 0 Å². The second-order valence-electron chi connectivity index (χ2n) is 4.58. The summed E-state index contributed by atoms with van der Waals surface area (Å²) in [4.78, 5) is 12.9. The Balaban J connectivity index is 0.00000289. The second kappa shape index (κ2) is 7.28. The van der Waals surface area contributed by atoms with Crippen molar-refractivity contribution in [1.29, 1.82) is 0 Å². The van der Waals surface area contributed by atoms with Crippen molar-refractivity contribution in [3.8, 4) is 0 Å². The lowest BCUT2D eigenvalue weighted by Gasteiger charge is -2.25. The van der Waals surface area contributed by atoms with Gasteiger partial charge in [0.05, 0.1) is 0 Å². The van der Waals surface area contributed by atoms with Crippen molar-refractivity contribution in [2.45, 2.75) is 31.1 Å². The van der Waals surface area contributed by atoms with Crippen molar-refractivity contribution in [3.05, 3.63) is 0 Å². The van der Waals surface area contributed by atoms with Gasteiger partial charge in [0.15, 0.2) is 5.25 Å². The van der Waals surface area contributed by atoms with Crippen molar-refractivity contribution in [1.82, 2.24) is 14.9 Å². The number of piperidine rings is 1. The van der Waals surface area contributed by atoms with E-state index in [1.807, 2.05) is 0 Å². The highest BCUT2D eigenvalue weighted by Crippen LogP contribution is 2.07. The molecule has 8 heteroatoms. The Morgan fingerprint density at radius 2 is 2.06 bits per heavy atom. The smallest absolute Gasteiger partial charge is 0.241 e. The number of carbonyl (C=O) groups is 1. The molecular weight excluding hydrogens is 278 g/mol. The summed E-state index contributed by atoms with van der Waals surface area (Å²) in [5.41, 5.74) is 0. The van der Waals surface area contributed by atoms with E-state index in [1.165, 1.54) is 11.8 Å². The monoisotopic (exact) mass is 299 g/mol. The number of amides is 1. The van der Waals surface area contributed by atoms with Gasteiger partial charge in [-0.15, -0.1) is 12.4 Å². The van der Waals surface area contributed by atoms with Crippen molar-refractivity contribution >= 4 is 28.3 Å². The summed E-state index contributed by atoms with van der Waals surface area (Å²) in [5, 5.41) is 2.08. The minimum Gasteiger partial charge on any atom is -0.348 e. The van der Waals surface area contributed by atoms with Gasteiger partial charge < -0.3 is 10.2 Å². The third-order valence-electron chi connectivity index (χ3n) is 2.88. The summed E-state index contributed by atoms with van der Waals surface area (Å²) >= 11 is 0. The fraction of sp³-hybridized carbons (Fsp3) is 0.900. The number of nitrogens with zero attached hydrogens (tertiary/aromatic N) is 1. The Labute approximate surface area is 115 Å². The Bertz CT molecular complexity index is 367. The summed E-state index contributed by atoms with van der Waals surface area (Å²) in [7, 11) is -0.481. The summed E-state index contributed by atoms with van der Waals surface area (Å²) in [5.74, 6) is -0.402. The van der Waals surface area contributed by atoms with Crippen molar-refractivity contribution in [2.75, 3.05) is 27.2 Å². The molecule has 1 fully saturated rings. The van der Waals surface area contributed by atoms with Gasteiger partial charge in [-0.3, -0.25) is 4.79 Å². The lowest BCUT2D eigenvalue weighted by molar-refractivity contribution is -0.127. The van der Waals surface area contributed by atoms with Crippen LogP contribution in [0.15, 0.2) is 0 Å². The van der Waals surface area contributed by atoms with Gasteiger partial charge in [0.1, 0.15) is 0 Å². The molecule has 1 heterocycles. The highest BCUT2D eigenvalue weighted by Gasteiger charge is 2.31. The van der Waals surface area contributed by atoms with Crippen LogP contribution < -0.4 is 10.0 Å². The zero-order chi connectivity index (χ0) is 13.1. The van der Waals surface area contributed by atoms with Gasteiger partial charge >= 0.3 is 0 Å². The molecule has 0 aromatic carbocycles. The number of hydrogen-bond donors (Lipinski definition) is 2. The molecule has 0 radical (unpaired) electrons. The number of halogens is 1. The topological polar surface area (TPSA) is 78.5 Å². The first kappa shape index (κ1) is 17.6. The minimum absolute atomic E-state index is 0. The van der Waals surface area contributed by atoms with Gasteiger partial charge in [-0.25, -0.2) is 13.1 Å². The normalized spacial score (nSPS) is 21.8. The molecule has 1 amide bonds. The van der Waals surface area contributed by atoms with E-state index >= 15 is 0 Å². The molecule has 18 heavy (non-hydrogen) atoms. The second-order valence-corrected chi connectivity index (χ2v) is 6.61. The third kappa shape index (κ3) is 4.72. The molecule has 0 saturated carbocycles. The fourth-order valence-electron chi connectivity index (χ4n) is 1.78. The molecule has 108 valence electrons. The van der Waals surface area contributed by atoms with Crippen LogP contribution in [0.4, 0.5) is 0 Å². The quantitative estimate of drug-likeness (QED) is 0.737. The van der Waals surface area contributed by atoms with Crippen LogP contribution in [0.3, 0.4) is 0 Å². The Morgan fingerprint density at radius 3 is 2.50 bits per heavy atom. The van der Waals surface area contributed by atoms with Crippen molar-refractivity contribution in [3.63, 3.8) is 0 Å². The molecule has 1 aliphatic heterocycles. The summed E-state index contributed by atoms with van der Waals surface area (Å²) < 4.78 is 26.5. The molecule has 0 aromatic heterocycles. The van der Waals surface area contributed by atoms with Crippen LogP contribution in [0.1, 0.15) is 19.8 Å². The van der Waals surface area contributed by atoms with Crippen LogP contribution in [0, 0.1) is 0 Å². The van der Waals surface area contributed by atoms with Crippen molar-refractivity contribution in [2.24, 2.45) is 0 Å². The van der Waals surface area contributed by atoms with E-state index in [2.05, 4.69) is 10.0 Å². The minimum atomic E-state index is -3.59. The van der Waals surface area contributed by atoms with Crippen LogP contribution >= 0.6 is 12.4 Å². The highest BCUT2D eigenvalue weighted by molar-refractivity contribution is 7.90. The van der Waals surface area contributed by atoms with E-state index in [0.717, 1.165) is 19.4 Å². The molecule has 1 aliphatic rings. The Kier molecular flexibility index (Phi) is 7.13. The molecule has 0 spiro atoms. The largest absolute Gasteiger partial charge is 0.348 e. The molecular formula is C10H22ClN3O3S. The number of hydrogen-bond acceptors (Lipinski definition) is 4. The number of sulfonamides is 1. The van der Waals surface area contributed by atoms with E-state index in [1.54, 1.807) is 14.1 Å². The fourth-order valence-corrected chi connectivity index (χ4v) is 3.13. The van der Waals surface area contributed by atoms with Crippen LogP contribution in [-0.4, -0.2) is 57.7 Å². The average molecular weight is 300 g/mol. The summed E-state index contributed by atoms with van der Waals surface area (Å²) in [6, 6.07) is -0.105. The standard InChI is InChI=1S/C10H21N3O3S.ClH/c1-8(10(14)13(2)3)17(15,16)12-9-5-4-6-11-7-9;/h8-9,11-12H,4-7H2,1-3H3;1H/t8?,9-;/m1./s1. The number of carbonyl (C=O) groups excluding carboxylic acids is 1. The van der Waals surface area contributed by atoms with E-state index in [0.29, 0.717) is 6.54 Å². The first-order valence-electron chi connectivity index (χ1n) is 5.77. The molecule has 6 nitrogen and oxygen atoms in total. The summed E-state index contributed by atoms with van der Waals surface area (Å²) in [6.07, 6.45) is 1.76. The molecule has 2 atom stereocenters. The third-order valence-corrected chi connectivity index (χ3v) is 4.68. The molecule has 0 bridgehead atoms. The average Bonchev–Trinajstić information content (AvgIpc) is 2.27. The molecule has 1 saturated heterocycles. The highest BCUT2D eigenvalue weighted by atomic mass is 35.5. The maximum atomic E-state index is 12.0.